The number of nitrogens with one attached hydrogen (secondary N) is 1. The van der Waals surface area contributed by atoms with Crippen molar-refractivity contribution >= 4 is 22.9 Å². The van der Waals surface area contributed by atoms with Crippen LogP contribution >= 0.6 is 0 Å². The molecule has 7 heteroatoms. The molecule has 21 heavy (non-hydrogen) atoms. The SMILES string of the molecule is CC(CN(C)C(=O)c1ccc2[nH]c(=O)n(C)c2c1)C(=O)O. The topological polar surface area (TPSA) is 95.4 Å². The van der Waals surface area contributed by atoms with E-state index in [4.69, 9.17) is 5.11 Å². The Hall–Kier alpha value is -2.57. The van der Waals surface area contributed by atoms with Crippen LogP contribution in [-0.2, 0) is 11.8 Å². The van der Waals surface area contributed by atoms with Crippen LogP contribution in [0.1, 0.15) is 17.3 Å². The molecule has 2 aromatic rings. The van der Waals surface area contributed by atoms with E-state index in [0.29, 0.717) is 16.6 Å². The number of hydrogen-bond donors (Lipinski definition) is 2. The van der Waals surface area contributed by atoms with Crippen LogP contribution in [0.3, 0.4) is 0 Å². The van der Waals surface area contributed by atoms with E-state index < -0.39 is 11.9 Å². The number of H-pyrrole nitrogens is 1. The Labute approximate surface area is 120 Å². The van der Waals surface area contributed by atoms with Gasteiger partial charge in [0.25, 0.3) is 5.91 Å². The summed E-state index contributed by atoms with van der Waals surface area (Å²) < 4.78 is 1.42. The molecule has 7 nitrogen and oxygen atoms in total. The summed E-state index contributed by atoms with van der Waals surface area (Å²) in [7, 11) is 3.17. The second-order valence-electron chi connectivity index (χ2n) is 5.15. The Bertz CT molecular complexity index is 759. The van der Waals surface area contributed by atoms with E-state index in [1.165, 1.54) is 9.47 Å². The van der Waals surface area contributed by atoms with E-state index in [1.54, 1.807) is 39.2 Å². The second-order valence-corrected chi connectivity index (χ2v) is 5.15. The minimum atomic E-state index is -0.946. The number of aromatic amines is 1. The number of imidazole rings is 1. The number of aromatic nitrogens is 2. The standard InChI is InChI=1S/C14H17N3O4/c1-8(13(19)20)7-16(2)12(18)9-4-5-10-11(6-9)17(3)14(21)15-10/h4-6,8H,7H2,1-3H3,(H,15,21)(H,19,20). The van der Waals surface area contributed by atoms with Gasteiger partial charge in [0.2, 0.25) is 0 Å². The van der Waals surface area contributed by atoms with Gasteiger partial charge in [-0.25, -0.2) is 4.79 Å². The maximum atomic E-state index is 12.3. The number of amides is 1. The molecule has 1 unspecified atom stereocenters. The Morgan fingerprint density at radius 2 is 2.10 bits per heavy atom. The maximum absolute atomic E-state index is 12.3. The fourth-order valence-corrected chi connectivity index (χ4v) is 2.15. The molecule has 1 atom stereocenters. The predicted octanol–water partition coefficient (Wildman–Crippen LogP) is 0.659. The summed E-state index contributed by atoms with van der Waals surface area (Å²) >= 11 is 0. The molecular formula is C14H17N3O4. The number of hydrogen-bond acceptors (Lipinski definition) is 3. The molecule has 0 saturated heterocycles. The van der Waals surface area contributed by atoms with Crippen molar-refractivity contribution in [3.63, 3.8) is 0 Å². The fraction of sp³-hybridized carbons (Fsp3) is 0.357. The van der Waals surface area contributed by atoms with E-state index in [9.17, 15) is 14.4 Å². The molecule has 112 valence electrons. The maximum Gasteiger partial charge on any atom is 0.326 e. The van der Waals surface area contributed by atoms with Gasteiger partial charge in [0.05, 0.1) is 17.0 Å². The van der Waals surface area contributed by atoms with Crippen LogP contribution in [-0.4, -0.2) is 45.0 Å². The highest BCUT2D eigenvalue weighted by atomic mass is 16.4. The average molecular weight is 291 g/mol. The Kier molecular flexibility index (Phi) is 3.84. The minimum Gasteiger partial charge on any atom is -0.481 e. The van der Waals surface area contributed by atoms with Crippen LogP contribution in [0.15, 0.2) is 23.0 Å². The van der Waals surface area contributed by atoms with Crippen LogP contribution in [0.25, 0.3) is 11.0 Å². The summed E-state index contributed by atoms with van der Waals surface area (Å²) in [6.45, 7) is 1.67. The molecule has 0 aliphatic rings. The molecular weight excluding hydrogens is 274 g/mol. The number of carboxylic acids is 1. The molecule has 0 aliphatic heterocycles. The Morgan fingerprint density at radius 1 is 1.43 bits per heavy atom. The van der Waals surface area contributed by atoms with E-state index in [0.717, 1.165) is 0 Å². The van der Waals surface area contributed by atoms with Gasteiger partial charge < -0.3 is 15.0 Å². The molecule has 0 aliphatic carbocycles. The van der Waals surface area contributed by atoms with Crippen LogP contribution in [0, 0.1) is 5.92 Å². The Balaban J connectivity index is 2.29. The molecule has 1 aromatic heterocycles. The smallest absolute Gasteiger partial charge is 0.326 e. The molecule has 2 rings (SSSR count). The van der Waals surface area contributed by atoms with Gasteiger partial charge in [-0.15, -0.1) is 0 Å². The summed E-state index contributed by atoms with van der Waals surface area (Å²) in [5.41, 5.74) is 1.45. The van der Waals surface area contributed by atoms with E-state index in [2.05, 4.69) is 4.98 Å². The van der Waals surface area contributed by atoms with Crippen molar-refractivity contribution in [2.45, 2.75) is 6.92 Å². The lowest BCUT2D eigenvalue weighted by Crippen LogP contribution is -2.33. The van der Waals surface area contributed by atoms with Crippen molar-refractivity contribution < 1.29 is 14.7 Å². The van der Waals surface area contributed by atoms with Crippen LogP contribution in [0.5, 0.6) is 0 Å². The molecule has 0 bridgehead atoms. The van der Waals surface area contributed by atoms with Crippen molar-refractivity contribution in [2.75, 3.05) is 13.6 Å². The number of carbonyl (C=O) groups is 2. The summed E-state index contributed by atoms with van der Waals surface area (Å²) in [6.07, 6.45) is 0. The lowest BCUT2D eigenvalue weighted by molar-refractivity contribution is -0.141. The number of aliphatic carboxylic acids is 1. The van der Waals surface area contributed by atoms with E-state index in [-0.39, 0.29) is 18.1 Å². The van der Waals surface area contributed by atoms with Crippen LogP contribution in [0.4, 0.5) is 0 Å². The summed E-state index contributed by atoms with van der Waals surface area (Å²) in [4.78, 5) is 38.7. The third-order valence-electron chi connectivity index (χ3n) is 3.47. The highest BCUT2D eigenvalue weighted by Crippen LogP contribution is 2.14. The first kappa shape index (κ1) is 14.8. The van der Waals surface area contributed by atoms with Gasteiger partial charge >= 0.3 is 11.7 Å². The molecule has 2 N–H and O–H groups in total. The van der Waals surface area contributed by atoms with Crippen LogP contribution < -0.4 is 5.69 Å². The zero-order chi connectivity index (χ0) is 15.7. The van der Waals surface area contributed by atoms with Crippen molar-refractivity contribution in [1.29, 1.82) is 0 Å². The highest BCUT2D eigenvalue weighted by Gasteiger charge is 2.19. The molecule has 0 radical (unpaired) electrons. The third-order valence-corrected chi connectivity index (χ3v) is 3.47. The van der Waals surface area contributed by atoms with Crippen LogP contribution in [0.2, 0.25) is 0 Å². The number of fused-ring (bicyclic) bond motifs is 1. The molecule has 1 aromatic carbocycles. The quantitative estimate of drug-likeness (QED) is 0.865. The van der Waals surface area contributed by atoms with Crippen molar-refractivity contribution in [2.24, 2.45) is 13.0 Å². The molecule has 0 spiro atoms. The predicted molar refractivity (Wildman–Crippen MR) is 77.3 cm³/mol. The monoisotopic (exact) mass is 291 g/mol. The first-order valence-corrected chi connectivity index (χ1v) is 6.48. The number of nitrogens with zero attached hydrogens (tertiary/aromatic N) is 2. The van der Waals surface area contributed by atoms with Gasteiger partial charge in [0.1, 0.15) is 0 Å². The summed E-state index contributed by atoms with van der Waals surface area (Å²) in [6, 6.07) is 4.90. The zero-order valence-electron chi connectivity index (χ0n) is 12.1. The molecule has 0 saturated carbocycles. The van der Waals surface area contributed by atoms with Gasteiger partial charge in [-0.3, -0.25) is 14.2 Å². The number of benzene rings is 1. The van der Waals surface area contributed by atoms with Gasteiger partial charge in [0.15, 0.2) is 0 Å². The average Bonchev–Trinajstić information content (AvgIpc) is 2.72. The second kappa shape index (κ2) is 5.43. The van der Waals surface area contributed by atoms with Gasteiger partial charge in [-0.2, -0.15) is 0 Å². The molecule has 1 amide bonds. The highest BCUT2D eigenvalue weighted by molar-refractivity contribution is 5.97. The van der Waals surface area contributed by atoms with Crippen molar-refractivity contribution in [1.82, 2.24) is 14.5 Å². The van der Waals surface area contributed by atoms with E-state index in [1.807, 2.05) is 0 Å². The van der Waals surface area contributed by atoms with Crippen molar-refractivity contribution in [3.05, 3.63) is 34.2 Å². The lowest BCUT2D eigenvalue weighted by atomic mass is 10.1. The number of carbonyl (C=O) groups excluding carboxylic acids is 1. The zero-order valence-corrected chi connectivity index (χ0v) is 12.1. The molecule has 0 fully saturated rings. The number of rotatable bonds is 4. The number of aryl methyl sites for hydroxylation is 1. The summed E-state index contributed by atoms with van der Waals surface area (Å²) in [5, 5.41) is 8.88. The first-order valence-electron chi connectivity index (χ1n) is 6.48. The number of carboxylic acid groups (broad SMARTS) is 1. The van der Waals surface area contributed by atoms with Gasteiger partial charge in [-0.05, 0) is 18.2 Å². The minimum absolute atomic E-state index is 0.123. The third kappa shape index (κ3) is 2.81. The first-order chi connectivity index (χ1) is 9.81. The lowest BCUT2D eigenvalue weighted by Gasteiger charge is -2.19. The normalized spacial score (nSPS) is 12.3. The van der Waals surface area contributed by atoms with Gasteiger partial charge in [-0.1, -0.05) is 6.92 Å². The van der Waals surface area contributed by atoms with Gasteiger partial charge in [0, 0.05) is 26.2 Å². The summed E-state index contributed by atoms with van der Waals surface area (Å²) in [5.74, 6) is -1.86. The molecule has 1 heterocycles. The largest absolute Gasteiger partial charge is 0.481 e. The Morgan fingerprint density at radius 3 is 2.71 bits per heavy atom. The fourth-order valence-electron chi connectivity index (χ4n) is 2.15. The van der Waals surface area contributed by atoms with Crippen molar-refractivity contribution in [3.8, 4) is 0 Å². The van der Waals surface area contributed by atoms with E-state index >= 15 is 0 Å².